The van der Waals surface area contributed by atoms with Crippen LogP contribution in [0.3, 0.4) is 0 Å². The highest BCUT2D eigenvalue weighted by Gasteiger charge is 2.39. The molecular weight excluding hydrogens is 438 g/mol. The summed E-state index contributed by atoms with van der Waals surface area (Å²) in [6.07, 6.45) is 16.5. The highest BCUT2D eigenvalue weighted by atomic mass is 32.2. The van der Waals surface area contributed by atoms with Gasteiger partial charge in [-0.15, -0.1) is 0 Å². The normalized spacial score (nSPS) is 26.4. The fourth-order valence-corrected chi connectivity index (χ4v) is 7.13. The number of hydrogen-bond donors (Lipinski definition) is 0. The molecule has 34 heavy (non-hydrogen) atoms. The lowest BCUT2D eigenvalue weighted by Gasteiger charge is -2.40. The van der Waals surface area contributed by atoms with Crippen molar-refractivity contribution in [2.24, 2.45) is 4.99 Å². The van der Waals surface area contributed by atoms with Crippen LogP contribution in [0.15, 0.2) is 34.2 Å². The number of amides is 1. The van der Waals surface area contributed by atoms with Crippen LogP contribution in [-0.2, 0) is 4.79 Å². The molecule has 1 aromatic carbocycles. The standard InChI is InChI=1S/C29H39N3OS/c1-20-19-29(2,3)31(4)25-16-15-21(17-24(20)25)18-26-27(33)32(23-13-9-6-10-14-23)28(34-26)30-22-11-7-5-8-12-22/h15-19,22-23H,5-14H2,1-4H3/b26-18+,30-28?. The first-order valence-corrected chi connectivity index (χ1v) is 14.0. The zero-order valence-corrected chi connectivity index (χ0v) is 22.1. The number of rotatable bonds is 3. The SMILES string of the molecule is CC1=CC(C)(C)N(C)c2ccc(/C=C3/SC(=NC4CCCCC4)N(C4CCCCC4)C3=O)cc21. The van der Waals surface area contributed by atoms with Crippen molar-refractivity contribution >= 4 is 40.2 Å². The lowest BCUT2D eigenvalue weighted by atomic mass is 9.88. The summed E-state index contributed by atoms with van der Waals surface area (Å²) in [6.45, 7) is 6.69. The first-order valence-electron chi connectivity index (χ1n) is 13.2. The van der Waals surface area contributed by atoms with E-state index >= 15 is 0 Å². The number of hydrogen-bond acceptors (Lipinski definition) is 4. The van der Waals surface area contributed by atoms with Gasteiger partial charge < -0.3 is 4.90 Å². The van der Waals surface area contributed by atoms with Crippen molar-refractivity contribution < 1.29 is 4.79 Å². The van der Waals surface area contributed by atoms with Gasteiger partial charge in [-0.3, -0.25) is 14.7 Å². The zero-order chi connectivity index (χ0) is 23.9. The average molecular weight is 478 g/mol. The van der Waals surface area contributed by atoms with Gasteiger partial charge in [-0.2, -0.15) is 0 Å². The van der Waals surface area contributed by atoms with Gasteiger partial charge >= 0.3 is 0 Å². The van der Waals surface area contributed by atoms with Crippen molar-refractivity contribution in [2.75, 3.05) is 11.9 Å². The van der Waals surface area contributed by atoms with Crippen LogP contribution in [-0.4, -0.2) is 40.6 Å². The molecule has 4 nitrogen and oxygen atoms in total. The third kappa shape index (κ3) is 4.60. The van der Waals surface area contributed by atoms with Gasteiger partial charge in [-0.05, 0) is 87.6 Å². The molecule has 0 bridgehead atoms. The van der Waals surface area contributed by atoms with Crippen LogP contribution in [0.4, 0.5) is 5.69 Å². The Kier molecular flexibility index (Phi) is 6.67. The van der Waals surface area contributed by atoms with Crippen molar-refractivity contribution in [1.82, 2.24) is 4.90 Å². The van der Waals surface area contributed by atoms with Crippen LogP contribution < -0.4 is 4.90 Å². The van der Waals surface area contributed by atoms with E-state index in [0.717, 1.165) is 41.3 Å². The summed E-state index contributed by atoms with van der Waals surface area (Å²) in [4.78, 5) is 24.1. The quantitative estimate of drug-likeness (QED) is 0.430. The third-order valence-electron chi connectivity index (χ3n) is 8.18. The molecule has 2 aliphatic carbocycles. The van der Waals surface area contributed by atoms with Crippen LogP contribution in [0.2, 0.25) is 0 Å². The third-order valence-corrected chi connectivity index (χ3v) is 9.18. The van der Waals surface area contributed by atoms with Gasteiger partial charge in [-0.1, -0.05) is 50.7 Å². The highest BCUT2D eigenvalue weighted by molar-refractivity contribution is 8.18. The average Bonchev–Trinajstić information content (AvgIpc) is 3.13. The monoisotopic (exact) mass is 477 g/mol. The van der Waals surface area contributed by atoms with E-state index in [1.54, 1.807) is 11.8 Å². The Morgan fingerprint density at radius 1 is 1.03 bits per heavy atom. The number of likely N-dealkylation sites (N-methyl/N-ethyl adjacent to an activating group) is 1. The number of fused-ring (bicyclic) bond motifs is 1. The van der Waals surface area contributed by atoms with E-state index in [4.69, 9.17) is 4.99 Å². The summed E-state index contributed by atoms with van der Waals surface area (Å²) >= 11 is 1.61. The molecule has 1 saturated heterocycles. The smallest absolute Gasteiger partial charge is 0.266 e. The Bertz CT molecular complexity index is 1040. The fraction of sp³-hybridized carbons (Fsp3) is 0.586. The van der Waals surface area contributed by atoms with Crippen LogP contribution in [0.25, 0.3) is 11.6 Å². The number of carbonyl (C=O) groups is 1. The number of allylic oxidation sites excluding steroid dienone is 1. The van der Waals surface area contributed by atoms with E-state index in [2.05, 4.69) is 68.0 Å². The summed E-state index contributed by atoms with van der Waals surface area (Å²) in [6, 6.07) is 7.30. The molecule has 0 unspecified atom stereocenters. The molecule has 2 heterocycles. The van der Waals surface area contributed by atoms with Crippen LogP contribution in [0, 0.1) is 0 Å². The number of aliphatic imine (C=N–C) groups is 1. The lowest BCUT2D eigenvalue weighted by molar-refractivity contribution is -0.124. The lowest BCUT2D eigenvalue weighted by Crippen LogP contribution is -2.42. The van der Waals surface area contributed by atoms with E-state index in [9.17, 15) is 4.79 Å². The van der Waals surface area contributed by atoms with Gasteiger partial charge in [0, 0.05) is 24.3 Å². The first kappa shape index (κ1) is 23.7. The van der Waals surface area contributed by atoms with Gasteiger partial charge in [0.05, 0.1) is 16.5 Å². The molecule has 4 aliphatic rings. The zero-order valence-electron chi connectivity index (χ0n) is 21.3. The minimum atomic E-state index is -0.000678. The Labute approximate surface area is 209 Å². The summed E-state index contributed by atoms with van der Waals surface area (Å²) < 4.78 is 0. The van der Waals surface area contributed by atoms with Gasteiger partial charge in [0.25, 0.3) is 5.91 Å². The second kappa shape index (κ2) is 9.56. The molecule has 3 fully saturated rings. The predicted octanol–water partition coefficient (Wildman–Crippen LogP) is 7.26. The van der Waals surface area contributed by atoms with Crippen LogP contribution in [0.1, 0.15) is 96.1 Å². The molecule has 5 heteroatoms. The molecule has 0 radical (unpaired) electrons. The molecule has 5 rings (SSSR count). The highest BCUT2D eigenvalue weighted by Crippen LogP contribution is 2.41. The first-order chi connectivity index (χ1) is 16.3. The van der Waals surface area contributed by atoms with Crippen LogP contribution >= 0.6 is 11.8 Å². The predicted molar refractivity (Wildman–Crippen MR) is 146 cm³/mol. The van der Waals surface area contributed by atoms with Crippen molar-refractivity contribution in [3.05, 3.63) is 40.3 Å². The van der Waals surface area contributed by atoms with Crippen molar-refractivity contribution in [3.63, 3.8) is 0 Å². The Morgan fingerprint density at radius 3 is 2.41 bits per heavy atom. The van der Waals surface area contributed by atoms with Crippen molar-refractivity contribution in [3.8, 4) is 0 Å². The summed E-state index contributed by atoms with van der Waals surface area (Å²) in [5, 5.41) is 0.963. The molecule has 0 atom stereocenters. The van der Waals surface area contributed by atoms with Gasteiger partial charge in [0.1, 0.15) is 0 Å². The number of nitrogens with zero attached hydrogens (tertiary/aromatic N) is 3. The topological polar surface area (TPSA) is 35.9 Å². The van der Waals surface area contributed by atoms with Crippen molar-refractivity contribution in [1.29, 1.82) is 0 Å². The van der Waals surface area contributed by atoms with E-state index in [0.29, 0.717) is 12.1 Å². The maximum Gasteiger partial charge on any atom is 0.266 e. The number of amidine groups is 1. The molecule has 182 valence electrons. The molecule has 0 aromatic heterocycles. The van der Waals surface area contributed by atoms with Gasteiger partial charge in [0.15, 0.2) is 5.17 Å². The minimum absolute atomic E-state index is 0.000678. The van der Waals surface area contributed by atoms with E-state index < -0.39 is 0 Å². The number of carbonyl (C=O) groups excluding carboxylic acids is 1. The maximum absolute atomic E-state index is 13.7. The molecule has 2 saturated carbocycles. The molecule has 0 spiro atoms. The van der Waals surface area contributed by atoms with E-state index in [-0.39, 0.29) is 11.4 Å². The van der Waals surface area contributed by atoms with Crippen molar-refractivity contribution in [2.45, 2.75) is 103 Å². The molecule has 1 aromatic rings. The number of thioether (sulfide) groups is 1. The second-order valence-corrected chi connectivity index (χ2v) is 12.1. The van der Waals surface area contributed by atoms with E-state index in [1.165, 1.54) is 55.3 Å². The molecule has 1 amide bonds. The Morgan fingerprint density at radius 2 is 1.71 bits per heavy atom. The molecular formula is C29H39N3OS. The summed E-state index contributed by atoms with van der Waals surface area (Å²) in [7, 11) is 2.16. The van der Waals surface area contributed by atoms with Gasteiger partial charge in [0.2, 0.25) is 0 Å². The van der Waals surface area contributed by atoms with Gasteiger partial charge in [-0.25, -0.2) is 0 Å². The molecule has 2 aliphatic heterocycles. The largest absolute Gasteiger partial charge is 0.366 e. The second-order valence-electron chi connectivity index (χ2n) is 11.1. The summed E-state index contributed by atoms with van der Waals surface area (Å²) in [5.41, 5.74) is 4.90. The number of anilines is 1. The minimum Gasteiger partial charge on any atom is -0.366 e. The Hall–Kier alpha value is -2.01. The number of benzene rings is 1. The Balaban J connectivity index is 1.46. The summed E-state index contributed by atoms with van der Waals surface area (Å²) in [5.74, 6) is 0.162. The fourth-order valence-electron chi connectivity index (χ4n) is 6.02. The molecule has 0 N–H and O–H groups in total. The van der Waals surface area contributed by atoms with E-state index in [1.807, 2.05) is 0 Å². The van der Waals surface area contributed by atoms with Crippen LogP contribution in [0.5, 0.6) is 0 Å². The maximum atomic E-state index is 13.7.